The first kappa shape index (κ1) is 21.0. The maximum absolute atomic E-state index is 12.6. The van der Waals surface area contributed by atoms with Crippen molar-refractivity contribution in [3.63, 3.8) is 0 Å². The van der Waals surface area contributed by atoms with Crippen LogP contribution in [0.1, 0.15) is 41.1 Å². The number of amides is 1. The summed E-state index contributed by atoms with van der Waals surface area (Å²) in [6.45, 7) is 6.13. The number of rotatable bonds is 5. The van der Waals surface area contributed by atoms with Crippen molar-refractivity contribution in [2.24, 2.45) is 10.7 Å². The van der Waals surface area contributed by atoms with Crippen molar-refractivity contribution >= 4 is 28.8 Å². The second-order valence-corrected chi connectivity index (χ2v) is 9.19. The lowest BCUT2D eigenvalue weighted by molar-refractivity contribution is -0.115. The normalized spacial score (nSPS) is 15.9. The van der Waals surface area contributed by atoms with Crippen molar-refractivity contribution in [1.82, 2.24) is 4.98 Å². The summed E-state index contributed by atoms with van der Waals surface area (Å²) in [6.07, 6.45) is 2.86. The van der Waals surface area contributed by atoms with Crippen LogP contribution < -0.4 is 11.1 Å². The summed E-state index contributed by atoms with van der Waals surface area (Å²) < 4.78 is 0. The van der Waals surface area contributed by atoms with Crippen molar-refractivity contribution in [2.45, 2.75) is 39.5 Å². The van der Waals surface area contributed by atoms with Crippen molar-refractivity contribution in [2.75, 3.05) is 5.32 Å². The predicted molar refractivity (Wildman–Crippen MR) is 129 cm³/mol. The molecule has 1 unspecified atom stereocenters. The maximum Gasteiger partial charge on any atom is 0.228 e. The zero-order valence-corrected chi connectivity index (χ0v) is 18.8. The molecule has 158 valence electrons. The van der Waals surface area contributed by atoms with E-state index in [9.17, 15) is 4.79 Å². The molecule has 2 heterocycles. The van der Waals surface area contributed by atoms with Gasteiger partial charge in [-0.1, -0.05) is 42.0 Å². The van der Waals surface area contributed by atoms with Crippen LogP contribution in [0.25, 0.3) is 10.4 Å². The van der Waals surface area contributed by atoms with Crippen LogP contribution in [-0.2, 0) is 11.2 Å². The van der Waals surface area contributed by atoms with Crippen molar-refractivity contribution in [3.05, 3.63) is 82.1 Å². The lowest BCUT2D eigenvalue weighted by Gasteiger charge is -2.20. The van der Waals surface area contributed by atoms with E-state index < -0.39 is 0 Å². The van der Waals surface area contributed by atoms with Crippen LogP contribution in [0.15, 0.2) is 65.3 Å². The molecule has 6 heteroatoms. The average Bonchev–Trinajstić information content (AvgIpc) is 3.13. The Bertz CT molecular complexity index is 1170. The third-order valence-electron chi connectivity index (χ3n) is 5.38. The molecule has 4 rings (SSSR count). The molecule has 1 aliphatic heterocycles. The minimum atomic E-state index is -0.0308. The number of amidine groups is 1. The molecule has 0 saturated heterocycles. The highest BCUT2D eigenvalue weighted by Gasteiger charge is 2.25. The van der Waals surface area contributed by atoms with Crippen LogP contribution >= 0.6 is 11.3 Å². The van der Waals surface area contributed by atoms with Crippen LogP contribution in [0.2, 0.25) is 0 Å². The van der Waals surface area contributed by atoms with Gasteiger partial charge in [-0.3, -0.25) is 4.79 Å². The van der Waals surface area contributed by atoms with E-state index in [0.717, 1.165) is 38.0 Å². The van der Waals surface area contributed by atoms with E-state index in [0.29, 0.717) is 18.7 Å². The van der Waals surface area contributed by atoms with Crippen LogP contribution in [0, 0.1) is 13.8 Å². The van der Waals surface area contributed by atoms with Gasteiger partial charge in [-0.15, -0.1) is 11.3 Å². The first-order valence-corrected chi connectivity index (χ1v) is 11.1. The number of aliphatic imine (C=N–C) groups is 1. The minimum Gasteiger partial charge on any atom is -0.387 e. The second kappa shape index (κ2) is 8.86. The standard InChI is InChI=1S/C25H26N4OS/c1-15-7-9-18(10-8-15)11-23(30)29-20-6-4-5-19(12-20)25-24(28-17(3)31-25)21-13-22(26)27-14-16(21)2/h4-10,12,14,21H,11,13H2,1-3H3,(H2,26,27)(H,29,30). The first-order valence-electron chi connectivity index (χ1n) is 10.3. The molecule has 0 radical (unpaired) electrons. The van der Waals surface area contributed by atoms with Gasteiger partial charge >= 0.3 is 0 Å². The Balaban J connectivity index is 1.56. The molecule has 5 nitrogen and oxygen atoms in total. The first-order chi connectivity index (χ1) is 14.9. The Morgan fingerprint density at radius 1 is 1.16 bits per heavy atom. The molecule has 0 saturated carbocycles. The number of carbonyl (C=O) groups excluding carboxylic acids is 1. The Morgan fingerprint density at radius 3 is 2.71 bits per heavy atom. The number of carbonyl (C=O) groups is 1. The molecule has 1 atom stereocenters. The second-order valence-electron chi connectivity index (χ2n) is 7.99. The number of hydrogen-bond donors (Lipinski definition) is 2. The fourth-order valence-electron chi connectivity index (χ4n) is 3.73. The van der Waals surface area contributed by atoms with E-state index in [4.69, 9.17) is 10.7 Å². The number of allylic oxidation sites excluding steroid dienone is 1. The SMILES string of the molecule is CC1=CN=C(N)CC1c1nc(C)sc1-c1cccc(NC(=O)Cc2ccc(C)cc2)c1. The largest absolute Gasteiger partial charge is 0.387 e. The summed E-state index contributed by atoms with van der Waals surface area (Å²) in [4.78, 5) is 22.7. The molecule has 0 bridgehead atoms. The number of nitrogens with one attached hydrogen (secondary N) is 1. The van der Waals surface area contributed by atoms with Gasteiger partial charge in [0, 0.05) is 24.2 Å². The number of hydrogen-bond acceptors (Lipinski definition) is 5. The Morgan fingerprint density at radius 2 is 1.94 bits per heavy atom. The van der Waals surface area contributed by atoms with Gasteiger partial charge in [-0.25, -0.2) is 9.98 Å². The smallest absolute Gasteiger partial charge is 0.228 e. The van der Waals surface area contributed by atoms with E-state index >= 15 is 0 Å². The number of aryl methyl sites for hydroxylation is 2. The van der Waals surface area contributed by atoms with Crippen molar-refractivity contribution in [1.29, 1.82) is 0 Å². The highest BCUT2D eigenvalue weighted by atomic mass is 32.1. The van der Waals surface area contributed by atoms with Crippen molar-refractivity contribution < 1.29 is 4.79 Å². The molecule has 0 spiro atoms. The fourth-order valence-corrected chi connectivity index (χ4v) is 4.71. The van der Waals surface area contributed by atoms with Gasteiger partial charge in [0.15, 0.2) is 0 Å². The van der Waals surface area contributed by atoms with E-state index in [-0.39, 0.29) is 11.8 Å². The summed E-state index contributed by atoms with van der Waals surface area (Å²) in [5, 5.41) is 4.04. The molecule has 3 N–H and O–H groups in total. The Labute approximate surface area is 186 Å². The topological polar surface area (TPSA) is 80.4 Å². The molecule has 0 aliphatic carbocycles. The van der Waals surface area contributed by atoms with Gasteiger partial charge in [0.25, 0.3) is 0 Å². The van der Waals surface area contributed by atoms with Gasteiger partial charge in [-0.2, -0.15) is 0 Å². The third-order valence-corrected chi connectivity index (χ3v) is 6.42. The highest BCUT2D eigenvalue weighted by molar-refractivity contribution is 7.15. The molecule has 31 heavy (non-hydrogen) atoms. The number of aromatic nitrogens is 1. The van der Waals surface area contributed by atoms with E-state index in [1.54, 1.807) is 11.3 Å². The number of benzene rings is 2. The van der Waals surface area contributed by atoms with Gasteiger partial charge in [0.1, 0.15) is 0 Å². The van der Waals surface area contributed by atoms with Crippen LogP contribution in [0.3, 0.4) is 0 Å². The molecule has 1 aromatic heterocycles. The zero-order valence-electron chi connectivity index (χ0n) is 18.0. The molecule has 2 aromatic carbocycles. The van der Waals surface area contributed by atoms with Gasteiger partial charge in [0.05, 0.1) is 27.8 Å². The number of nitrogens with two attached hydrogens (primary N) is 1. The molecular weight excluding hydrogens is 404 g/mol. The summed E-state index contributed by atoms with van der Waals surface area (Å²) >= 11 is 1.66. The minimum absolute atomic E-state index is 0.0308. The number of thiazole rings is 1. The predicted octanol–water partition coefficient (Wildman–Crippen LogP) is 5.36. The van der Waals surface area contributed by atoms with Crippen LogP contribution in [0.5, 0.6) is 0 Å². The van der Waals surface area contributed by atoms with E-state index in [1.807, 2.05) is 62.5 Å². The Kier molecular flexibility index (Phi) is 6.00. The van der Waals surface area contributed by atoms with Crippen molar-refractivity contribution in [3.8, 4) is 10.4 Å². The number of anilines is 1. The van der Waals surface area contributed by atoms with Crippen LogP contribution in [-0.4, -0.2) is 16.7 Å². The molecule has 1 amide bonds. The van der Waals surface area contributed by atoms with E-state index in [1.165, 1.54) is 5.56 Å². The maximum atomic E-state index is 12.6. The molecule has 0 fully saturated rings. The third kappa shape index (κ3) is 4.91. The highest BCUT2D eigenvalue weighted by Crippen LogP contribution is 2.40. The Hall–Kier alpha value is -3.25. The fraction of sp³-hybridized carbons (Fsp3) is 0.240. The van der Waals surface area contributed by atoms with Gasteiger partial charge < -0.3 is 11.1 Å². The lowest BCUT2D eigenvalue weighted by atomic mass is 9.90. The summed E-state index contributed by atoms with van der Waals surface area (Å²) in [5.41, 5.74) is 12.2. The van der Waals surface area contributed by atoms with Gasteiger partial charge in [0.2, 0.25) is 5.91 Å². The summed E-state index contributed by atoms with van der Waals surface area (Å²) in [6, 6.07) is 16.0. The van der Waals surface area contributed by atoms with Gasteiger partial charge in [-0.05, 0) is 49.6 Å². The molecular formula is C25H26N4OS. The summed E-state index contributed by atoms with van der Waals surface area (Å²) in [5.74, 6) is 0.721. The lowest BCUT2D eigenvalue weighted by Crippen LogP contribution is -2.20. The zero-order chi connectivity index (χ0) is 22.0. The molecule has 3 aromatic rings. The monoisotopic (exact) mass is 430 g/mol. The molecule has 1 aliphatic rings. The number of nitrogens with zero attached hydrogens (tertiary/aromatic N) is 2. The van der Waals surface area contributed by atoms with E-state index in [2.05, 4.69) is 23.3 Å². The quantitative estimate of drug-likeness (QED) is 0.572. The summed E-state index contributed by atoms with van der Waals surface area (Å²) in [7, 11) is 0. The average molecular weight is 431 g/mol. The van der Waals surface area contributed by atoms with Crippen LogP contribution in [0.4, 0.5) is 5.69 Å².